The third-order valence-electron chi connectivity index (χ3n) is 3.37. The fourth-order valence-corrected chi connectivity index (χ4v) is 5.27. The lowest BCUT2D eigenvalue weighted by molar-refractivity contribution is -0.118. The number of rotatable bonds is 8. The normalized spacial score (nSPS) is 11.1. The molecule has 11 heteroatoms. The number of amides is 1. The highest BCUT2D eigenvalue weighted by Crippen LogP contribution is 2.30. The fraction of sp³-hybridized carbons (Fsp3) is 0.111. The van der Waals surface area contributed by atoms with Gasteiger partial charge in [-0.3, -0.25) is 4.79 Å². The molecular formula is C18H14BrClN4O2S3. The van der Waals surface area contributed by atoms with E-state index in [-0.39, 0.29) is 17.4 Å². The maximum Gasteiger partial charge on any atom is 0.250 e. The van der Waals surface area contributed by atoms with Gasteiger partial charge in [0.1, 0.15) is 5.75 Å². The maximum atomic E-state index is 11.9. The van der Waals surface area contributed by atoms with Gasteiger partial charge in [0.25, 0.3) is 5.91 Å². The Morgan fingerprint density at radius 1 is 1.21 bits per heavy atom. The molecule has 0 atom stereocenters. The zero-order valence-corrected chi connectivity index (χ0v) is 19.5. The van der Waals surface area contributed by atoms with Crippen molar-refractivity contribution in [2.45, 2.75) is 14.4 Å². The number of aromatic nitrogens is 2. The second-order valence-electron chi connectivity index (χ2n) is 5.53. The van der Waals surface area contributed by atoms with Crippen LogP contribution in [0, 0.1) is 0 Å². The average Bonchev–Trinajstić information content (AvgIpc) is 3.16. The summed E-state index contributed by atoms with van der Waals surface area (Å²) in [4.78, 5) is 11.9. The van der Waals surface area contributed by atoms with Crippen molar-refractivity contribution in [1.82, 2.24) is 15.6 Å². The van der Waals surface area contributed by atoms with Gasteiger partial charge in [0, 0.05) is 20.8 Å². The number of hydrazone groups is 1. The number of carbonyl (C=O) groups excluding carboxylic acids is 1. The Bertz CT molecular complexity index is 1010. The maximum absolute atomic E-state index is 11.9. The number of thioether (sulfide) groups is 2. The minimum absolute atomic E-state index is 0.0815. The zero-order chi connectivity index (χ0) is 20.6. The highest BCUT2D eigenvalue weighted by atomic mass is 79.9. The molecule has 1 aromatic heterocycles. The molecule has 0 saturated heterocycles. The Labute approximate surface area is 193 Å². The molecule has 0 aliphatic heterocycles. The van der Waals surface area contributed by atoms with Crippen LogP contribution in [0.5, 0.6) is 5.75 Å². The summed E-state index contributed by atoms with van der Waals surface area (Å²) in [6.07, 6.45) is 1.39. The standard InChI is InChI=1S/C18H14BrClN4O2S3/c19-13-3-6-15(25)12(7-13)8-21-22-16(26)10-28-18-24-23-17(29-18)27-9-11-1-4-14(20)5-2-11/h1-8,25H,9-10H2,(H,22,26). The molecule has 0 unspecified atom stereocenters. The van der Waals surface area contributed by atoms with E-state index in [1.807, 2.05) is 24.3 Å². The summed E-state index contributed by atoms with van der Waals surface area (Å²) in [5.74, 6) is 0.747. The molecule has 2 aromatic carbocycles. The lowest BCUT2D eigenvalue weighted by Crippen LogP contribution is -2.19. The lowest BCUT2D eigenvalue weighted by Gasteiger charge is -2.00. The van der Waals surface area contributed by atoms with Crippen LogP contribution >= 0.6 is 62.4 Å². The van der Waals surface area contributed by atoms with Gasteiger partial charge in [0.05, 0.1) is 12.0 Å². The number of benzene rings is 2. The van der Waals surface area contributed by atoms with Crippen LogP contribution in [0.15, 0.2) is 60.7 Å². The SMILES string of the molecule is O=C(CSc1nnc(SCc2ccc(Cl)cc2)s1)NN=Cc1cc(Br)ccc1O. The first kappa shape index (κ1) is 22.1. The zero-order valence-electron chi connectivity index (χ0n) is 14.7. The fourth-order valence-electron chi connectivity index (χ4n) is 2.00. The summed E-state index contributed by atoms with van der Waals surface area (Å²) in [5, 5.41) is 22.5. The van der Waals surface area contributed by atoms with E-state index in [0.717, 1.165) is 20.1 Å². The van der Waals surface area contributed by atoms with Crippen molar-refractivity contribution in [2.75, 3.05) is 5.75 Å². The smallest absolute Gasteiger partial charge is 0.250 e. The minimum atomic E-state index is -0.272. The van der Waals surface area contributed by atoms with E-state index in [0.29, 0.717) is 14.9 Å². The van der Waals surface area contributed by atoms with Gasteiger partial charge in [0.2, 0.25) is 0 Å². The Morgan fingerprint density at radius 3 is 2.69 bits per heavy atom. The molecule has 0 bridgehead atoms. The molecule has 150 valence electrons. The van der Waals surface area contributed by atoms with Crippen LogP contribution in [0.2, 0.25) is 5.02 Å². The van der Waals surface area contributed by atoms with Crippen molar-refractivity contribution in [1.29, 1.82) is 0 Å². The van der Waals surface area contributed by atoms with Crippen LogP contribution in [-0.4, -0.2) is 33.2 Å². The number of hydrogen-bond donors (Lipinski definition) is 2. The van der Waals surface area contributed by atoms with E-state index in [9.17, 15) is 9.90 Å². The average molecular weight is 530 g/mol. The molecular weight excluding hydrogens is 516 g/mol. The summed E-state index contributed by atoms with van der Waals surface area (Å²) >= 11 is 13.5. The number of phenols is 1. The number of halogens is 2. The van der Waals surface area contributed by atoms with Crippen molar-refractivity contribution in [3.8, 4) is 5.75 Å². The van der Waals surface area contributed by atoms with Crippen LogP contribution < -0.4 is 5.43 Å². The Kier molecular flexibility index (Phi) is 8.37. The Balaban J connectivity index is 1.43. The third-order valence-corrected chi connectivity index (χ3v) is 7.38. The summed E-state index contributed by atoms with van der Waals surface area (Å²) in [7, 11) is 0. The molecule has 0 aliphatic carbocycles. The van der Waals surface area contributed by atoms with E-state index in [1.165, 1.54) is 29.3 Å². The highest BCUT2D eigenvalue weighted by Gasteiger charge is 2.09. The molecule has 1 heterocycles. The van der Waals surface area contributed by atoms with Crippen molar-refractivity contribution in [3.63, 3.8) is 0 Å². The van der Waals surface area contributed by atoms with Gasteiger partial charge in [0.15, 0.2) is 8.68 Å². The summed E-state index contributed by atoms with van der Waals surface area (Å²) < 4.78 is 2.36. The summed E-state index contributed by atoms with van der Waals surface area (Å²) in [5.41, 5.74) is 4.08. The van der Waals surface area contributed by atoms with E-state index in [4.69, 9.17) is 11.6 Å². The van der Waals surface area contributed by atoms with Crippen LogP contribution in [0.1, 0.15) is 11.1 Å². The minimum Gasteiger partial charge on any atom is -0.507 e. The number of aromatic hydroxyl groups is 1. The van der Waals surface area contributed by atoms with Crippen molar-refractivity contribution in [3.05, 3.63) is 63.1 Å². The van der Waals surface area contributed by atoms with Gasteiger partial charge < -0.3 is 5.11 Å². The predicted molar refractivity (Wildman–Crippen MR) is 123 cm³/mol. The van der Waals surface area contributed by atoms with Gasteiger partial charge in [-0.1, -0.05) is 74.5 Å². The quantitative estimate of drug-likeness (QED) is 0.237. The van der Waals surface area contributed by atoms with Gasteiger partial charge in [-0.25, -0.2) is 5.43 Å². The van der Waals surface area contributed by atoms with Crippen LogP contribution in [0.25, 0.3) is 0 Å². The second-order valence-corrected chi connectivity index (χ2v) is 10.3. The molecule has 0 radical (unpaired) electrons. The number of nitrogens with zero attached hydrogens (tertiary/aromatic N) is 3. The molecule has 3 aromatic rings. The monoisotopic (exact) mass is 528 g/mol. The molecule has 3 rings (SSSR count). The molecule has 0 saturated carbocycles. The number of nitrogens with one attached hydrogen (secondary N) is 1. The summed E-state index contributed by atoms with van der Waals surface area (Å²) in [6.45, 7) is 0. The van der Waals surface area contributed by atoms with Gasteiger partial charge in [-0.05, 0) is 35.9 Å². The van der Waals surface area contributed by atoms with Gasteiger partial charge in [-0.2, -0.15) is 5.10 Å². The molecule has 1 amide bonds. The van der Waals surface area contributed by atoms with Crippen LogP contribution in [0.4, 0.5) is 0 Å². The first-order chi connectivity index (χ1) is 14.0. The number of carbonyl (C=O) groups is 1. The third kappa shape index (κ3) is 7.31. The lowest BCUT2D eigenvalue weighted by atomic mass is 10.2. The van der Waals surface area contributed by atoms with E-state index < -0.39 is 0 Å². The van der Waals surface area contributed by atoms with Gasteiger partial charge >= 0.3 is 0 Å². The largest absolute Gasteiger partial charge is 0.507 e. The van der Waals surface area contributed by atoms with E-state index in [2.05, 4.69) is 36.7 Å². The molecule has 0 fully saturated rings. The molecule has 2 N–H and O–H groups in total. The van der Waals surface area contributed by atoms with Gasteiger partial charge in [-0.15, -0.1) is 10.2 Å². The van der Waals surface area contributed by atoms with Crippen molar-refractivity contribution in [2.24, 2.45) is 5.10 Å². The topological polar surface area (TPSA) is 87.5 Å². The first-order valence-electron chi connectivity index (χ1n) is 8.13. The molecule has 0 spiro atoms. The molecule has 6 nitrogen and oxygen atoms in total. The summed E-state index contributed by atoms with van der Waals surface area (Å²) in [6, 6.07) is 12.6. The van der Waals surface area contributed by atoms with E-state index in [1.54, 1.807) is 30.0 Å². The van der Waals surface area contributed by atoms with Crippen molar-refractivity contribution >= 4 is 74.5 Å². The van der Waals surface area contributed by atoms with Crippen molar-refractivity contribution < 1.29 is 9.90 Å². The molecule has 0 aliphatic rings. The molecule has 29 heavy (non-hydrogen) atoms. The van der Waals surface area contributed by atoms with Crippen LogP contribution in [-0.2, 0) is 10.5 Å². The van der Waals surface area contributed by atoms with E-state index >= 15 is 0 Å². The number of hydrogen-bond acceptors (Lipinski definition) is 8. The highest BCUT2D eigenvalue weighted by molar-refractivity contribution is 9.10. The first-order valence-corrected chi connectivity index (χ1v) is 12.1. The number of phenolic OH excluding ortho intramolecular Hbond substituents is 1. The Morgan fingerprint density at radius 2 is 1.93 bits per heavy atom. The predicted octanol–water partition coefficient (Wildman–Crippen LogP) is 5.19. The Hall–Kier alpha value is -1.59. The van der Waals surface area contributed by atoms with Crippen LogP contribution in [0.3, 0.4) is 0 Å². The second kappa shape index (κ2) is 11.0.